The minimum Gasteiger partial charge on any atom is -0.495 e. The van der Waals surface area contributed by atoms with E-state index < -0.39 is 5.97 Å². The number of aliphatic carboxylic acids is 1. The summed E-state index contributed by atoms with van der Waals surface area (Å²) in [4.78, 5) is 26.1. The monoisotopic (exact) mass is 281 g/mol. The molecule has 0 unspecified atom stereocenters. The molecule has 1 aromatic heterocycles. The summed E-state index contributed by atoms with van der Waals surface area (Å²) in [5.74, 6) is -0.576. The number of pyridine rings is 1. The number of aromatic nitrogens is 1. The van der Waals surface area contributed by atoms with Gasteiger partial charge < -0.3 is 14.8 Å². The number of hydrogen-bond acceptors (Lipinski definition) is 3. The predicted octanol–water partition coefficient (Wildman–Crippen LogP) is 2.13. The molecule has 0 radical (unpaired) electrons. The van der Waals surface area contributed by atoms with Crippen LogP contribution in [0.1, 0.15) is 11.3 Å². The van der Waals surface area contributed by atoms with Crippen LogP contribution in [-0.4, -0.2) is 23.2 Å². The number of hydrogen-bond donors (Lipinski definition) is 2. The second kappa shape index (κ2) is 4.93. The Labute approximate surface area is 113 Å². The molecule has 0 fully saturated rings. The maximum atomic E-state index is 12.4. The molecule has 19 heavy (non-hydrogen) atoms. The molecule has 0 aliphatic rings. The van der Waals surface area contributed by atoms with Crippen LogP contribution in [0.4, 0.5) is 0 Å². The predicted molar refractivity (Wildman–Crippen MR) is 72.2 cm³/mol. The Morgan fingerprint density at radius 2 is 2.16 bits per heavy atom. The van der Waals surface area contributed by atoms with Gasteiger partial charge in [0.15, 0.2) is 5.43 Å². The van der Waals surface area contributed by atoms with Crippen molar-refractivity contribution < 1.29 is 14.6 Å². The molecule has 2 rings (SSSR count). The summed E-state index contributed by atoms with van der Waals surface area (Å²) in [6, 6.07) is 3.20. The summed E-state index contributed by atoms with van der Waals surface area (Å²) in [5, 5.41) is 9.37. The lowest BCUT2D eigenvalue weighted by atomic mass is 10.1. The first-order valence-corrected chi connectivity index (χ1v) is 5.93. The smallest absolute Gasteiger partial charge is 0.308 e. The maximum Gasteiger partial charge on any atom is 0.308 e. The molecular weight excluding hydrogens is 270 g/mol. The van der Waals surface area contributed by atoms with E-state index in [-0.39, 0.29) is 27.8 Å². The van der Waals surface area contributed by atoms with Crippen LogP contribution in [0.25, 0.3) is 10.9 Å². The first-order valence-electron chi connectivity index (χ1n) is 5.55. The normalized spacial score (nSPS) is 10.7. The number of aromatic amines is 1. The fraction of sp³-hybridized carbons (Fsp3) is 0.231. The number of carboxylic acids is 1. The average molecular weight is 282 g/mol. The van der Waals surface area contributed by atoms with Crippen molar-refractivity contribution in [1.82, 2.24) is 4.98 Å². The van der Waals surface area contributed by atoms with E-state index >= 15 is 0 Å². The van der Waals surface area contributed by atoms with Crippen LogP contribution in [-0.2, 0) is 11.2 Å². The Morgan fingerprint density at radius 3 is 2.74 bits per heavy atom. The van der Waals surface area contributed by atoms with Gasteiger partial charge in [-0.15, -0.1) is 0 Å². The topological polar surface area (TPSA) is 79.4 Å². The highest BCUT2D eigenvalue weighted by Crippen LogP contribution is 2.28. The van der Waals surface area contributed by atoms with Gasteiger partial charge in [0, 0.05) is 11.3 Å². The summed E-state index contributed by atoms with van der Waals surface area (Å²) < 4.78 is 5.17. The molecule has 6 heteroatoms. The van der Waals surface area contributed by atoms with Gasteiger partial charge in [-0.05, 0) is 19.1 Å². The molecule has 2 N–H and O–H groups in total. The third-order valence-electron chi connectivity index (χ3n) is 2.93. The number of aryl methyl sites for hydroxylation is 1. The lowest BCUT2D eigenvalue weighted by Crippen LogP contribution is -2.17. The van der Waals surface area contributed by atoms with E-state index in [0.717, 1.165) is 0 Å². The van der Waals surface area contributed by atoms with Gasteiger partial charge in [-0.1, -0.05) is 11.6 Å². The highest BCUT2D eigenvalue weighted by atomic mass is 35.5. The van der Waals surface area contributed by atoms with Crippen molar-refractivity contribution in [2.45, 2.75) is 13.3 Å². The van der Waals surface area contributed by atoms with Crippen molar-refractivity contribution in [3.05, 3.63) is 38.6 Å². The molecule has 0 saturated heterocycles. The zero-order chi connectivity index (χ0) is 14.2. The van der Waals surface area contributed by atoms with Crippen LogP contribution in [0.5, 0.6) is 5.75 Å². The summed E-state index contributed by atoms with van der Waals surface area (Å²) in [7, 11) is 1.49. The number of methoxy groups -OCH3 is 1. The number of benzene rings is 1. The van der Waals surface area contributed by atoms with E-state index in [2.05, 4.69) is 4.98 Å². The van der Waals surface area contributed by atoms with Crippen LogP contribution < -0.4 is 10.2 Å². The molecule has 0 saturated carbocycles. The Balaban J connectivity index is 2.88. The number of H-pyrrole nitrogens is 1. The van der Waals surface area contributed by atoms with E-state index in [9.17, 15) is 9.59 Å². The molecule has 0 aliphatic heterocycles. The Kier molecular flexibility index (Phi) is 3.48. The summed E-state index contributed by atoms with van der Waals surface area (Å²) in [6.45, 7) is 1.65. The molecule has 0 amide bonds. The fourth-order valence-electron chi connectivity index (χ4n) is 2.02. The van der Waals surface area contributed by atoms with E-state index in [1.165, 1.54) is 7.11 Å². The van der Waals surface area contributed by atoms with Crippen LogP contribution in [0.15, 0.2) is 16.9 Å². The molecule has 1 aromatic carbocycles. The SMILES string of the molecule is COc1ccc(Cl)c2c(=O)c(CC(=O)O)c(C)[nH]c12. The molecule has 0 spiro atoms. The van der Waals surface area contributed by atoms with Crippen LogP contribution >= 0.6 is 11.6 Å². The molecule has 1 heterocycles. The number of fused-ring (bicyclic) bond motifs is 1. The zero-order valence-electron chi connectivity index (χ0n) is 10.4. The molecule has 5 nitrogen and oxygen atoms in total. The van der Waals surface area contributed by atoms with Gasteiger partial charge in [-0.3, -0.25) is 9.59 Å². The van der Waals surface area contributed by atoms with Gasteiger partial charge >= 0.3 is 5.97 Å². The number of carbonyl (C=O) groups is 1. The zero-order valence-corrected chi connectivity index (χ0v) is 11.2. The fourth-order valence-corrected chi connectivity index (χ4v) is 2.27. The summed E-state index contributed by atoms with van der Waals surface area (Å²) in [6.07, 6.45) is -0.343. The average Bonchev–Trinajstić information content (AvgIpc) is 2.34. The number of carboxylic acid groups (broad SMARTS) is 1. The van der Waals surface area contributed by atoms with Gasteiger partial charge in [-0.2, -0.15) is 0 Å². The first kappa shape index (κ1) is 13.4. The van der Waals surface area contributed by atoms with Crippen molar-refractivity contribution in [3.8, 4) is 5.75 Å². The van der Waals surface area contributed by atoms with Crippen molar-refractivity contribution in [3.63, 3.8) is 0 Å². The standard InChI is InChI=1S/C13H12ClNO4/c1-6-7(5-10(16)17)13(18)11-8(14)3-4-9(19-2)12(11)15-6/h3-4H,5H2,1-2H3,(H,15,18)(H,16,17). The lowest BCUT2D eigenvalue weighted by Gasteiger charge is -2.10. The first-order chi connectivity index (χ1) is 8.95. The van der Waals surface area contributed by atoms with E-state index in [1.807, 2.05) is 0 Å². The molecule has 0 aliphatic carbocycles. The van der Waals surface area contributed by atoms with Gasteiger partial charge in [0.2, 0.25) is 0 Å². The van der Waals surface area contributed by atoms with E-state index in [4.69, 9.17) is 21.4 Å². The van der Waals surface area contributed by atoms with E-state index in [0.29, 0.717) is 17.0 Å². The summed E-state index contributed by atoms with van der Waals surface area (Å²) >= 11 is 6.03. The molecule has 0 bridgehead atoms. The third kappa shape index (κ3) is 2.29. The van der Waals surface area contributed by atoms with Crippen molar-refractivity contribution in [2.75, 3.05) is 7.11 Å². The number of ether oxygens (including phenoxy) is 1. The second-order valence-corrected chi connectivity index (χ2v) is 4.54. The van der Waals surface area contributed by atoms with Crippen LogP contribution in [0.3, 0.4) is 0 Å². The van der Waals surface area contributed by atoms with Crippen molar-refractivity contribution in [2.24, 2.45) is 0 Å². The van der Waals surface area contributed by atoms with Crippen molar-refractivity contribution in [1.29, 1.82) is 0 Å². The summed E-state index contributed by atoms with van der Waals surface area (Å²) in [5.41, 5.74) is 0.805. The van der Waals surface area contributed by atoms with Gasteiger partial charge in [-0.25, -0.2) is 0 Å². The van der Waals surface area contributed by atoms with Crippen LogP contribution in [0, 0.1) is 6.92 Å². The van der Waals surface area contributed by atoms with Crippen LogP contribution in [0.2, 0.25) is 5.02 Å². The minimum absolute atomic E-state index is 0.204. The number of nitrogens with one attached hydrogen (secondary N) is 1. The highest BCUT2D eigenvalue weighted by Gasteiger charge is 2.16. The molecular formula is C13H12ClNO4. The molecule has 100 valence electrons. The second-order valence-electron chi connectivity index (χ2n) is 4.13. The third-order valence-corrected chi connectivity index (χ3v) is 3.25. The molecule has 2 aromatic rings. The lowest BCUT2D eigenvalue weighted by molar-refractivity contribution is -0.136. The number of rotatable bonds is 3. The van der Waals surface area contributed by atoms with Gasteiger partial charge in [0.25, 0.3) is 0 Å². The number of halogens is 1. The largest absolute Gasteiger partial charge is 0.495 e. The Bertz CT molecular complexity index is 721. The van der Waals surface area contributed by atoms with E-state index in [1.54, 1.807) is 19.1 Å². The highest BCUT2D eigenvalue weighted by molar-refractivity contribution is 6.35. The quantitative estimate of drug-likeness (QED) is 0.903. The molecule has 0 atom stereocenters. The Hall–Kier alpha value is -2.01. The van der Waals surface area contributed by atoms with Crippen molar-refractivity contribution >= 4 is 28.5 Å². The minimum atomic E-state index is -1.06. The van der Waals surface area contributed by atoms with Gasteiger partial charge in [0.1, 0.15) is 5.75 Å². The Morgan fingerprint density at radius 1 is 1.47 bits per heavy atom. The maximum absolute atomic E-state index is 12.4. The van der Waals surface area contributed by atoms with Gasteiger partial charge in [0.05, 0.1) is 29.5 Å².